The standard InChI is InChI=1S/C21H25ClN2O3/c1-5-26-20-10-15-9-12(2)27-19(15)11-18(20)23-14(4)21(25)24-17-8-6-7-16(22)13(17)3/h6-8,10-12,14,23H,5,9H2,1-4H3,(H,24,25). The van der Waals surface area contributed by atoms with Crippen LogP contribution in [0, 0.1) is 6.92 Å². The van der Waals surface area contributed by atoms with Gasteiger partial charge >= 0.3 is 0 Å². The highest BCUT2D eigenvalue weighted by molar-refractivity contribution is 6.31. The summed E-state index contributed by atoms with van der Waals surface area (Å²) in [6.45, 7) is 8.21. The number of hydrogen-bond acceptors (Lipinski definition) is 4. The van der Waals surface area contributed by atoms with Crippen LogP contribution in [0.1, 0.15) is 31.9 Å². The van der Waals surface area contributed by atoms with Crippen molar-refractivity contribution in [1.82, 2.24) is 0 Å². The number of nitrogens with one attached hydrogen (secondary N) is 2. The van der Waals surface area contributed by atoms with Crippen molar-refractivity contribution < 1.29 is 14.3 Å². The Bertz CT molecular complexity index is 854. The molecule has 1 heterocycles. The molecular formula is C21H25ClN2O3. The van der Waals surface area contributed by atoms with Crippen molar-refractivity contribution in [3.8, 4) is 11.5 Å². The summed E-state index contributed by atoms with van der Waals surface area (Å²) in [6, 6.07) is 8.89. The molecule has 0 saturated carbocycles. The molecule has 2 aromatic rings. The van der Waals surface area contributed by atoms with Crippen LogP contribution >= 0.6 is 11.6 Å². The van der Waals surface area contributed by atoms with E-state index in [0.29, 0.717) is 17.3 Å². The van der Waals surface area contributed by atoms with E-state index in [-0.39, 0.29) is 12.0 Å². The second-order valence-electron chi connectivity index (χ2n) is 6.79. The molecule has 27 heavy (non-hydrogen) atoms. The Morgan fingerprint density at radius 1 is 1.37 bits per heavy atom. The van der Waals surface area contributed by atoms with Gasteiger partial charge in [-0.1, -0.05) is 17.7 Å². The van der Waals surface area contributed by atoms with Gasteiger partial charge in [-0.05, 0) is 51.5 Å². The fraction of sp³-hybridized carbons (Fsp3) is 0.381. The Kier molecular flexibility index (Phi) is 5.80. The third-order valence-corrected chi connectivity index (χ3v) is 5.00. The lowest BCUT2D eigenvalue weighted by atomic mass is 10.1. The summed E-state index contributed by atoms with van der Waals surface area (Å²) in [4.78, 5) is 12.6. The first-order chi connectivity index (χ1) is 12.9. The quantitative estimate of drug-likeness (QED) is 0.745. The molecule has 0 bridgehead atoms. The number of ether oxygens (including phenoxy) is 2. The van der Waals surface area contributed by atoms with Crippen LogP contribution < -0.4 is 20.1 Å². The number of carbonyl (C=O) groups excluding carboxylic acids is 1. The first-order valence-electron chi connectivity index (χ1n) is 9.18. The van der Waals surface area contributed by atoms with E-state index in [2.05, 4.69) is 10.6 Å². The van der Waals surface area contributed by atoms with Crippen LogP contribution in [0.15, 0.2) is 30.3 Å². The van der Waals surface area contributed by atoms with E-state index in [9.17, 15) is 4.79 Å². The Morgan fingerprint density at radius 3 is 2.89 bits per heavy atom. The number of halogens is 1. The average molecular weight is 389 g/mol. The molecule has 0 aromatic heterocycles. The van der Waals surface area contributed by atoms with Gasteiger partial charge in [-0.25, -0.2) is 0 Å². The number of hydrogen-bond donors (Lipinski definition) is 2. The summed E-state index contributed by atoms with van der Waals surface area (Å²) in [6.07, 6.45) is 1.01. The number of rotatable bonds is 6. The second-order valence-corrected chi connectivity index (χ2v) is 7.20. The van der Waals surface area contributed by atoms with Gasteiger partial charge < -0.3 is 20.1 Å². The smallest absolute Gasteiger partial charge is 0.246 e. The molecule has 2 atom stereocenters. The van der Waals surface area contributed by atoms with Crippen LogP contribution in [-0.2, 0) is 11.2 Å². The zero-order valence-corrected chi connectivity index (χ0v) is 16.8. The van der Waals surface area contributed by atoms with Crippen molar-refractivity contribution in [3.05, 3.63) is 46.5 Å². The van der Waals surface area contributed by atoms with Gasteiger partial charge in [-0.2, -0.15) is 0 Å². The van der Waals surface area contributed by atoms with Crippen LogP contribution in [0.25, 0.3) is 0 Å². The second kappa shape index (κ2) is 8.09. The predicted octanol–water partition coefficient (Wildman–Crippen LogP) is 4.81. The first kappa shape index (κ1) is 19.4. The average Bonchev–Trinajstić information content (AvgIpc) is 2.98. The lowest BCUT2D eigenvalue weighted by Gasteiger charge is -2.19. The molecule has 0 spiro atoms. The lowest BCUT2D eigenvalue weighted by molar-refractivity contribution is -0.116. The Morgan fingerprint density at radius 2 is 2.15 bits per heavy atom. The summed E-state index contributed by atoms with van der Waals surface area (Å²) in [5, 5.41) is 6.79. The van der Waals surface area contributed by atoms with Gasteiger partial charge in [0.1, 0.15) is 23.6 Å². The van der Waals surface area contributed by atoms with E-state index < -0.39 is 6.04 Å². The first-order valence-corrected chi connectivity index (χ1v) is 9.55. The van der Waals surface area contributed by atoms with E-state index in [1.807, 2.05) is 52.0 Å². The molecule has 0 aliphatic carbocycles. The molecule has 1 aliphatic heterocycles. The molecular weight excluding hydrogens is 364 g/mol. The van der Waals surface area contributed by atoms with Gasteiger partial charge in [0.25, 0.3) is 0 Å². The molecule has 6 heteroatoms. The van der Waals surface area contributed by atoms with Crippen molar-refractivity contribution in [2.24, 2.45) is 0 Å². The minimum Gasteiger partial charge on any atom is -0.492 e. The Balaban J connectivity index is 1.76. The van der Waals surface area contributed by atoms with Crippen LogP contribution in [0.5, 0.6) is 11.5 Å². The molecule has 0 saturated heterocycles. The molecule has 0 radical (unpaired) electrons. The van der Waals surface area contributed by atoms with Gasteiger partial charge in [-0.3, -0.25) is 4.79 Å². The van der Waals surface area contributed by atoms with E-state index in [4.69, 9.17) is 21.1 Å². The molecule has 5 nitrogen and oxygen atoms in total. The lowest BCUT2D eigenvalue weighted by Crippen LogP contribution is -2.32. The third-order valence-electron chi connectivity index (χ3n) is 4.59. The van der Waals surface area contributed by atoms with Crippen molar-refractivity contribution in [3.63, 3.8) is 0 Å². The molecule has 2 N–H and O–H groups in total. The predicted molar refractivity (Wildman–Crippen MR) is 109 cm³/mol. The minimum absolute atomic E-state index is 0.149. The molecule has 0 fully saturated rings. The fourth-order valence-electron chi connectivity index (χ4n) is 3.11. The molecule has 2 unspecified atom stereocenters. The van der Waals surface area contributed by atoms with Gasteiger partial charge in [0.15, 0.2) is 0 Å². The van der Waals surface area contributed by atoms with Crippen LogP contribution in [0.4, 0.5) is 11.4 Å². The molecule has 3 rings (SSSR count). The van der Waals surface area contributed by atoms with Crippen LogP contribution in [0.2, 0.25) is 5.02 Å². The maximum Gasteiger partial charge on any atom is 0.246 e. The van der Waals surface area contributed by atoms with Gasteiger partial charge in [0.05, 0.1) is 12.3 Å². The maximum absolute atomic E-state index is 12.6. The molecule has 1 amide bonds. The Labute approximate surface area is 165 Å². The number of benzene rings is 2. The van der Waals surface area contributed by atoms with Crippen LogP contribution in [-0.4, -0.2) is 24.7 Å². The summed E-state index contributed by atoms with van der Waals surface area (Å²) < 4.78 is 11.6. The Hall–Kier alpha value is -2.40. The number of amides is 1. The maximum atomic E-state index is 12.6. The largest absolute Gasteiger partial charge is 0.492 e. The van der Waals surface area contributed by atoms with Gasteiger partial charge in [-0.15, -0.1) is 0 Å². The van der Waals surface area contributed by atoms with Crippen LogP contribution in [0.3, 0.4) is 0 Å². The van der Waals surface area contributed by atoms with Crippen molar-refractivity contribution in [2.45, 2.75) is 46.3 Å². The van der Waals surface area contributed by atoms with E-state index in [0.717, 1.165) is 34.7 Å². The summed E-state index contributed by atoms with van der Waals surface area (Å²) >= 11 is 6.13. The molecule has 144 valence electrons. The summed E-state index contributed by atoms with van der Waals surface area (Å²) in [7, 11) is 0. The van der Waals surface area contributed by atoms with Crippen molar-refractivity contribution >= 4 is 28.9 Å². The summed E-state index contributed by atoms with van der Waals surface area (Å²) in [5.74, 6) is 1.41. The highest BCUT2D eigenvalue weighted by Crippen LogP contribution is 2.38. The SMILES string of the molecule is CCOc1cc2c(cc1NC(C)C(=O)Nc1cccc(Cl)c1C)OC(C)C2. The topological polar surface area (TPSA) is 59.6 Å². The highest BCUT2D eigenvalue weighted by atomic mass is 35.5. The van der Waals surface area contributed by atoms with E-state index in [1.165, 1.54) is 0 Å². The third kappa shape index (κ3) is 4.30. The normalized spacial score (nSPS) is 16.3. The van der Waals surface area contributed by atoms with Crippen molar-refractivity contribution in [2.75, 3.05) is 17.2 Å². The van der Waals surface area contributed by atoms with E-state index in [1.54, 1.807) is 6.07 Å². The number of carbonyl (C=O) groups is 1. The molecule has 1 aliphatic rings. The fourth-order valence-corrected chi connectivity index (χ4v) is 3.28. The minimum atomic E-state index is -0.473. The van der Waals surface area contributed by atoms with Crippen molar-refractivity contribution in [1.29, 1.82) is 0 Å². The zero-order valence-electron chi connectivity index (χ0n) is 16.1. The highest BCUT2D eigenvalue weighted by Gasteiger charge is 2.23. The van der Waals surface area contributed by atoms with Gasteiger partial charge in [0.2, 0.25) is 5.91 Å². The number of fused-ring (bicyclic) bond motifs is 1. The zero-order chi connectivity index (χ0) is 19.6. The number of anilines is 2. The van der Waals surface area contributed by atoms with Gasteiger partial charge in [0, 0.05) is 28.8 Å². The summed E-state index contributed by atoms with van der Waals surface area (Å²) in [5.41, 5.74) is 3.42. The van der Waals surface area contributed by atoms with E-state index >= 15 is 0 Å². The monoisotopic (exact) mass is 388 g/mol. The molecule has 2 aromatic carbocycles.